The normalized spacial score (nSPS) is 10.7. The largest absolute Gasteiger partial charge is 0.399 e. The van der Waals surface area contributed by atoms with Crippen LogP contribution in [0.1, 0.15) is 6.92 Å². The number of amides is 1. The Morgan fingerprint density at radius 1 is 1.53 bits per heavy atom. The van der Waals surface area contributed by atoms with Crippen molar-refractivity contribution in [3.63, 3.8) is 0 Å². The summed E-state index contributed by atoms with van der Waals surface area (Å²) in [6.45, 7) is 4.41. The van der Waals surface area contributed by atoms with Crippen molar-refractivity contribution < 1.29 is 9.53 Å². The summed E-state index contributed by atoms with van der Waals surface area (Å²) in [6.07, 6.45) is 0. The molecule has 19 heavy (non-hydrogen) atoms. The lowest BCUT2D eigenvalue weighted by molar-refractivity contribution is -0.117. The number of hydrogen-bond donors (Lipinski definition) is 2. The van der Waals surface area contributed by atoms with Crippen molar-refractivity contribution in [1.82, 2.24) is 4.90 Å². The van der Waals surface area contributed by atoms with Crippen LogP contribution in [-0.2, 0) is 9.53 Å². The molecule has 0 aromatic heterocycles. The fraction of sp³-hybridized carbons (Fsp3) is 0.462. The van der Waals surface area contributed by atoms with Crippen LogP contribution in [0.25, 0.3) is 0 Å². The van der Waals surface area contributed by atoms with Crippen LogP contribution in [0.4, 0.5) is 11.4 Å². The lowest BCUT2D eigenvalue weighted by Crippen LogP contribution is -2.35. The van der Waals surface area contributed by atoms with Crippen LogP contribution in [0, 0.1) is 0 Å². The van der Waals surface area contributed by atoms with Crippen LogP contribution >= 0.6 is 11.6 Å². The Bertz CT molecular complexity index is 426. The van der Waals surface area contributed by atoms with Gasteiger partial charge in [0.05, 0.1) is 23.9 Å². The minimum atomic E-state index is -0.107. The molecule has 0 heterocycles. The summed E-state index contributed by atoms with van der Waals surface area (Å²) in [6, 6.07) is 5.00. The molecule has 0 atom stereocenters. The number of nitrogens with one attached hydrogen (secondary N) is 1. The molecule has 106 valence electrons. The van der Waals surface area contributed by atoms with E-state index < -0.39 is 0 Å². The molecule has 1 aromatic carbocycles. The van der Waals surface area contributed by atoms with Crippen molar-refractivity contribution in [3.05, 3.63) is 23.2 Å². The number of nitrogen functional groups attached to an aromatic ring is 1. The predicted octanol–water partition coefficient (Wildman–Crippen LogP) is 1.83. The molecule has 3 N–H and O–H groups in total. The maximum absolute atomic E-state index is 11.9. The van der Waals surface area contributed by atoms with Gasteiger partial charge in [-0.15, -0.1) is 0 Å². The number of benzene rings is 1. The minimum Gasteiger partial charge on any atom is -0.399 e. The quantitative estimate of drug-likeness (QED) is 0.750. The molecule has 0 radical (unpaired) electrons. The highest BCUT2D eigenvalue weighted by molar-refractivity contribution is 6.34. The number of nitrogens with two attached hydrogens (primary N) is 1. The summed E-state index contributed by atoms with van der Waals surface area (Å²) >= 11 is 6.00. The number of halogens is 1. The molecule has 0 saturated carbocycles. The second kappa shape index (κ2) is 7.99. The number of nitrogens with zero attached hydrogens (tertiary/aromatic N) is 1. The third-order valence-electron chi connectivity index (χ3n) is 2.69. The third-order valence-corrected chi connectivity index (χ3v) is 3.01. The molecule has 5 nitrogen and oxygen atoms in total. The molecule has 0 spiro atoms. The first-order valence-corrected chi connectivity index (χ1v) is 6.50. The number of carbonyl (C=O) groups excluding carboxylic acids is 1. The zero-order valence-corrected chi connectivity index (χ0v) is 12.0. The van der Waals surface area contributed by atoms with Gasteiger partial charge in [0.25, 0.3) is 0 Å². The summed E-state index contributed by atoms with van der Waals surface area (Å²) in [5, 5.41) is 3.21. The topological polar surface area (TPSA) is 67.6 Å². The van der Waals surface area contributed by atoms with Gasteiger partial charge >= 0.3 is 0 Å². The number of likely N-dealkylation sites (N-methyl/N-ethyl adjacent to an activating group) is 1. The van der Waals surface area contributed by atoms with Gasteiger partial charge in [0.15, 0.2) is 0 Å². The van der Waals surface area contributed by atoms with E-state index in [0.717, 1.165) is 13.1 Å². The second-order valence-corrected chi connectivity index (χ2v) is 4.56. The highest BCUT2D eigenvalue weighted by atomic mass is 35.5. The minimum absolute atomic E-state index is 0.107. The second-order valence-electron chi connectivity index (χ2n) is 4.15. The van der Waals surface area contributed by atoms with Gasteiger partial charge in [0, 0.05) is 19.3 Å². The van der Waals surface area contributed by atoms with Gasteiger partial charge in [-0.3, -0.25) is 9.69 Å². The van der Waals surface area contributed by atoms with E-state index in [2.05, 4.69) is 5.32 Å². The molecule has 0 fully saturated rings. The van der Waals surface area contributed by atoms with Crippen LogP contribution < -0.4 is 11.1 Å². The first-order valence-electron chi connectivity index (χ1n) is 6.13. The average molecular weight is 286 g/mol. The van der Waals surface area contributed by atoms with Crippen molar-refractivity contribution >= 4 is 28.9 Å². The number of hydrogen-bond acceptors (Lipinski definition) is 4. The molecule has 0 bridgehead atoms. The SMILES string of the molecule is CCN(CCOC)CC(=O)Nc1ccc(N)cc1Cl. The van der Waals surface area contributed by atoms with E-state index >= 15 is 0 Å². The Kier molecular flexibility index (Phi) is 6.62. The smallest absolute Gasteiger partial charge is 0.238 e. The van der Waals surface area contributed by atoms with E-state index in [0.29, 0.717) is 29.5 Å². The van der Waals surface area contributed by atoms with Gasteiger partial charge in [-0.25, -0.2) is 0 Å². The Balaban J connectivity index is 2.54. The van der Waals surface area contributed by atoms with Gasteiger partial charge < -0.3 is 15.8 Å². The predicted molar refractivity (Wildman–Crippen MR) is 78.5 cm³/mol. The number of ether oxygens (including phenoxy) is 1. The molecular weight excluding hydrogens is 266 g/mol. The summed E-state index contributed by atoms with van der Waals surface area (Å²) in [5.41, 5.74) is 6.74. The fourth-order valence-corrected chi connectivity index (χ4v) is 1.83. The van der Waals surface area contributed by atoms with Crippen molar-refractivity contribution in [2.45, 2.75) is 6.92 Å². The van der Waals surface area contributed by atoms with Crippen LogP contribution in [0.2, 0.25) is 5.02 Å². The van der Waals surface area contributed by atoms with Crippen LogP contribution in [0.3, 0.4) is 0 Å². The van der Waals surface area contributed by atoms with Crippen molar-refractivity contribution in [2.75, 3.05) is 44.4 Å². The van der Waals surface area contributed by atoms with Gasteiger partial charge in [-0.1, -0.05) is 18.5 Å². The number of anilines is 2. The fourth-order valence-electron chi connectivity index (χ4n) is 1.59. The van der Waals surface area contributed by atoms with Crippen LogP contribution in [0.15, 0.2) is 18.2 Å². The lowest BCUT2D eigenvalue weighted by Gasteiger charge is -2.19. The van der Waals surface area contributed by atoms with Crippen LogP contribution in [-0.4, -0.2) is 44.2 Å². The van der Waals surface area contributed by atoms with Crippen molar-refractivity contribution in [3.8, 4) is 0 Å². The molecule has 0 aliphatic carbocycles. The maximum Gasteiger partial charge on any atom is 0.238 e. The molecule has 0 aliphatic rings. The van der Waals surface area contributed by atoms with Gasteiger partial charge in [-0.2, -0.15) is 0 Å². The lowest BCUT2D eigenvalue weighted by atomic mass is 10.3. The Morgan fingerprint density at radius 2 is 2.26 bits per heavy atom. The number of rotatable bonds is 7. The van der Waals surface area contributed by atoms with E-state index in [4.69, 9.17) is 22.1 Å². The highest BCUT2D eigenvalue weighted by Crippen LogP contribution is 2.23. The zero-order valence-electron chi connectivity index (χ0n) is 11.3. The maximum atomic E-state index is 11.9. The Hall–Kier alpha value is -1.30. The van der Waals surface area contributed by atoms with E-state index in [9.17, 15) is 4.79 Å². The van der Waals surface area contributed by atoms with E-state index in [1.165, 1.54) is 0 Å². The Labute approximate surface area is 118 Å². The molecule has 6 heteroatoms. The summed E-state index contributed by atoms with van der Waals surface area (Å²) < 4.78 is 5.00. The summed E-state index contributed by atoms with van der Waals surface area (Å²) in [7, 11) is 1.64. The monoisotopic (exact) mass is 285 g/mol. The van der Waals surface area contributed by atoms with Crippen molar-refractivity contribution in [2.24, 2.45) is 0 Å². The summed E-state index contributed by atoms with van der Waals surface area (Å²) in [4.78, 5) is 13.9. The molecule has 1 rings (SSSR count). The van der Waals surface area contributed by atoms with Crippen LogP contribution in [0.5, 0.6) is 0 Å². The van der Waals surface area contributed by atoms with E-state index in [1.54, 1.807) is 25.3 Å². The van der Waals surface area contributed by atoms with Crippen molar-refractivity contribution in [1.29, 1.82) is 0 Å². The first kappa shape index (κ1) is 15.8. The number of methoxy groups -OCH3 is 1. The average Bonchev–Trinajstić information content (AvgIpc) is 2.38. The van der Waals surface area contributed by atoms with Gasteiger partial charge in [0.1, 0.15) is 0 Å². The molecule has 0 aliphatic heterocycles. The van der Waals surface area contributed by atoms with Gasteiger partial charge in [-0.05, 0) is 24.7 Å². The number of carbonyl (C=O) groups is 1. The first-order chi connectivity index (χ1) is 9.06. The molecular formula is C13H20ClN3O2. The standard InChI is InChI=1S/C13H20ClN3O2/c1-3-17(6-7-19-2)9-13(18)16-12-5-4-10(15)8-11(12)14/h4-5,8H,3,6-7,9,15H2,1-2H3,(H,16,18). The zero-order chi connectivity index (χ0) is 14.3. The highest BCUT2D eigenvalue weighted by Gasteiger charge is 2.10. The third kappa shape index (κ3) is 5.46. The van der Waals surface area contributed by atoms with E-state index in [-0.39, 0.29) is 5.91 Å². The van der Waals surface area contributed by atoms with Gasteiger partial charge in [0.2, 0.25) is 5.91 Å². The molecule has 0 saturated heterocycles. The molecule has 0 unspecified atom stereocenters. The molecule has 1 amide bonds. The Morgan fingerprint density at radius 3 is 2.84 bits per heavy atom. The molecule has 1 aromatic rings. The summed E-state index contributed by atoms with van der Waals surface area (Å²) in [5.74, 6) is -0.107. The van der Waals surface area contributed by atoms with E-state index in [1.807, 2.05) is 11.8 Å².